The van der Waals surface area contributed by atoms with Crippen LogP contribution in [0.3, 0.4) is 0 Å². The SMILES string of the molecule is CCCNC(C)c1nnc(NCc2ccc(Cl)s2)o1. The molecule has 0 spiro atoms. The van der Waals surface area contributed by atoms with Crippen LogP contribution < -0.4 is 10.6 Å². The molecule has 0 amide bonds. The maximum absolute atomic E-state index is 5.87. The average Bonchev–Trinajstić information content (AvgIpc) is 3.02. The summed E-state index contributed by atoms with van der Waals surface area (Å²) in [6.07, 6.45) is 1.07. The normalized spacial score (nSPS) is 12.6. The van der Waals surface area contributed by atoms with Crippen LogP contribution in [0.2, 0.25) is 4.34 Å². The lowest BCUT2D eigenvalue weighted by molar-refractivity contribution is 0.423. The lowest BCUT2D eigenvalue weighted by Crippen LogP contribution is -2.19. The molecule has 19 heavy (non-hydrogen) atoms. The number of aromatic nitrogens is 2. The van der Waals surface area contributed by atoms with Gasteiger partial charge in [0.05, 0.1) is 16.9 Å². The number of anilines is 1. The highest BCUT2D eigenvalue weighted by molar-refractivity contribution is 7.16. The number of hydrogen-bond donors (Lipinski definition) is 2. The van der Waals surface area contributed by atoms with Crippen LogP contribution in [0.4, 0.5) is 6.01 Å². The van der Waals surface area contributed by atoms with Crippen molar-refractivity contribution in [2.24, 2.45) is 0 Å². The highest BCUT2D eigenvalue weighted by Crippen LogP contribution is 2.22. The summed E-state index contributed by atoms with van der Waals surface area (Å²) in [5, 5.41) is 14.4. The van der Waals surface area contributed by atoms with E-state index in [0.717, 1.165) is 22.2 Å². The van der Waals surface area contributed by atoms with E-state index in [1.165, 1.54) is 11.3 Å². The minimum absolute atomic E-state index is 0.0687. The van der Waals surface area contributed by atoms with Gasteiger partial charge in [0.25, 0.3) is 0 Å². The Morgan fingerprint density at radius 1 is 1.42 bits per heavy atom. The van der Waals surface area contributed by atoms with Gasteiger partial charge in [-0.1, -0.05) is 23.6 Å². The van der Waals surface area contributed by atoms with Crippen LogP contribution in [-0.4, -0.2) is 16.7 Å². The minimum Gasteiger partial charge on any atom is -0.406 e. The Bertz CT molecular complexity index is 513. The van der Waals surface area contributed by atoms with Gasteiger partial charge in [0.2, 0.25) is 5.89 Å². The number of nitrogens with zero attached hydrogens (tertiary/aromatic N) is 2. The molecule has 7 heteroatoms. The van der Waals surface area contributed by atoms with E-state index in [1.54, 1.807) is 0 Å². The quantitative estimate of drug-likeness (QED) is 0.820. The molecular formula is C12H17ClN4OS. The lowest BCUT2D eigenvalue weighted by atomic mass is 10.3. The van der Waals surface area contributed by atoms with Crippen LogP contribution >= 0.6 is 22.9 Å². The zero-order chi connectivity index (χ0) is 13.7. The zero-order valence-electron chi connectivity index (χ0n) is 10.9. The molecular weight excluding hydrogens is 284 g/mol. The molecule has 0 saturated carbocycles. The molecule has 0 radical (unpaired) electrons. The van der Waals surface area contributed by atoms with Gasteiger partial charge in [-0.25, -0.2) is 0 Å². The Hall–Kier alpha value is -1.11. The summed E-state index contributed by atoms with van der Waals surface area (Å²) >= 11 is 7.40. The molecule has 0 aliphatic heterocycles. The van der Waals surface area contributed by atoms with E-state index in [9.17, 15) is 0 Å². The van der Waals surface area contributed by atoms with Crippen molar-refractivity contribution in [3.63, 3.8) is 0 Å². The summed E-state index contributed by atoms with van der Waals surface area (Å²) in [6, 6.07) is 4.35. The molecule has 2 N–H and O–H groups in total. The van der Waals surface area contributed by atoms with Crippen LogP contribution in [0, 0.1) is 0 Å². The maximum atomic E-state index is 5.87. The van der Waals surface area contributed by atoms with Gasteiger partial charge in [0.15, 0.2) is 0 Å². The third-order valence-corrected chi connectivity index (χ3v) is 3.79. The Labute approximate surface area is 121 Å². The smallest absolute Gasteiger partial charge is 0.315 e. The second kappa shape index (κ2) is 6.88. The second-order valence-corrected chi connectivity index (χ2v) is 5.98. The number of rotatable bonds is 7. The average molecular weight is 301 g/mol. The third kappa shape index (κ3) is 4.19. The van der Waals surface area contributed by atoms with Crippen molar-refractivity contribution in [1.82, 2.24) is 15.5 Å². The Morgan fingerprint density at radius 2 is 2.26 bits per heavy atom. The van der Waals surface area contributed by atoms with E-state index in [2.05, 4.69) is 27.8 Å². The van der Waals surface area contributed by atoms with Crippen molar-refractivity contribution in [3.8, 4) is 0 Å². The van der Waals surface area contributed by atoms with E-state index in [0.29, 0.717) is 18.5 Å². The van der Waals surface area contributed by atoms with E-state index >= 15 is 0 Å². The minimum atomic E-state index is 0.0687. The molecule has 2 heterocycles. The van der Waals surface area contributed by atoms with Gasteiger partial charge < -0.3 is 15.1 Å². The summed E-state index contributed by atoms with van der Waals surface area (Å²) in [5.41, 5.74) is 0. The van der Waals surface area contributed by atoms with Crippen molar-refractivity contribution in [1.29, 1.82) is 0 Å². The third-order valence-electron chi connectivity index (χ3n) is 2.55. The molecule has 1 atom stereocenters. The van der Waals surface area contributed by atoms with Crippen molar-refractivity contribution >= 4 is 29.0 Å². The summed E-state index contributed by atoms with van der Waals surface area (Å²) in [5.74, 6) is 0.597. The van der Waals surface area contributed by atoms with Crippen LogP contribution in [0.25, 0.3) is 0 Å². The number of thiophene rings is 1. The van der Waals surface area contributed by atoms with Gasteiger partial charge >= 0.3 is 6.01 Å². The molecule has 0 aliphatic carbocycles. The van der Waals surface area contributed by atoms with Gasteiger partial charge in [-0.3, -0.25) is 0 Å². The predicted octanol–water partition coefficient (Wildman–Crippen LogP) is 3.46. The van der Waals surface area contributed by atoms with Gasteiger partial charge in [-0.05, 0) is 32.0 Å². The first-order chi connectivity index (χ1) is 9.19. The van der Waals surface area contributed by atoms with Crippen LogP contribution in [0.1, 0.15) is 37.1 Å². The van der Waals surface area contributed by atoms with Gasteiger partial charge in [-0.15, -0.1) is 16.4 Å². The standard InChI is InChI=1S/C12H17ClN4OS/c1-3-6-14-8(2)11-16-17-12(18-11)15-7-9-4-5-10(13)19-9/h4-5,8,14H,3,6-7H2,1-2H3,(H,15,17). The molecule has 2 rings (SSSR count). The van der Waals surface area contributed by atoms with Crippen molar-refractivity contribution in [2.45, 2.75) is 32.9 Å². The summed E-state index contributed by atoms with van der Waals surface area (Å²) in [6.45, 7) is 5.69. The predicted molar refractivity (Wildman–Crippen MR) is 77.7 cm³/mol. The van der Waals surface area contributed by atoms with E-state index in [4.69, 9.17) is 16.0 Å². The maximum Gasteiger partial charge on any atom is 0.315 e. The first-order valence-corrected chi connectivity index (χ1v) is 7.43. The summed E-state index contributed by atoms with van der Waals surface area (Å²) in [4.78, 5) is 1.13. The number of halogens is 1. The van der Waals surface area contributed by atoms with Gasteiger partial charge in [0.1, 0.15) is 0 Å². The molecule has 1 unspecified atom stereocenters. The molecule has 0 fully saturated rings. The lowest BCUT2D eigenvalue weighted by Gasteiger charge is -2.07. The van der Waals surface area contributed by atoms with Crippen molar-refractivity contribution in [3.05, 3.63) is 27.2 Å². The topological polar surface area (TPSA) is 63.0 Å². The molecule has 2 aromatic heterocycles. The van der Waals surface area contributed by atoms with E-state index in [-0.39, 0.29) is 6.04 Å². The molecule has 2 aromatic rings. The first kappa shape index (κ1) is 14.3. The highest BCUT2D eigenvalue weighted by atomic mass is 35.5. The van der Waals surface area contributed by atoms with Gasteiger partial charge in [-0.2, -0.15) is 0 Å². The van der Waals surface area contributed by atoms with E-state index in [1.807, 2.05) is 19.1 Å². The van der Waals surface area contributed by atoms with Crippen molar-refractivity contribution in [2.75, 3.05) is 11.9 Å². The van der Waals surface area contributed by atoms with E-state index < -0.39 is 0 Å². The molecule has 0 aromatic carbocycles. The summed E-state index contributed by atoms with van der Waals surface area (Å²) < 4.78 is 6.32. The molecule has 0 aliphatic rings. The summed E-state index contributed by atoms with van der Waals surface area (Å²) in [7, 11) is 0. The fraction of sp³-hybridized carbons (Fsp3) is 0.500. The Kier molecular flexibility index (Phi) is 5.18. The second-order valence-electron chi connectivity index (χ2n) is 4.18. The fourth-order valence-electron chi connectivity index (χ4n) is 1.54. The van der Waals surface area contributed by atoms with Crippen molar-refractivity contribution < 1.29 is 4.42 Å². The molecule has 5 nitrogen and oxygen atoms in total. The molecule has 104 valence electrons. The number of hydrogen-bond acceptors (Lipinski definition) is 6. The van der Waals surface area contributed by atoms with Crippen LogP contribution in [-0.2, 0) is 6.54 Å². The van der Waals surface area contributed by atoms with Gasteiger partial charge in [0, 0.05) is 4.88 Å². The molecule has 0 saturated heterocycles. The zero-order valence-corrected chi connectivity index (χ0v) is 12.5. The Morgan fingerprint density at radius 3 is 2.95 bits per heavy atom. The van der Waals surface area contributed by atoms with Crippen LogP contribution in [0.5, 0.6) is 0 Å². The number of nitrogens with one attached hydrogen (secondary N) is 2. The van der Waals surface area contributed by atoms with Crippen LogP contribution in [0.15, 0.2) is 16.5 Å². The largest absolute Gasteiger partial charge is 0.406 e. The monoisotopic (exact) mass is 300 g/mol. The fourth-order valence-corrected chi connectivity index (χ4v) is 2.57. The highest BCUT2D eigenvalue weighted by Gasteiger charge is 2.12. The Balaban J connectivity index is 1.86. The molecule has 0 bridgehead atoms. The first-order valence-electron chi connectivity index (χ1n) is 6.24.